The number of rotatable bonds is 6. The second kappa shape index (κ2) is 8.15. The average molecular weight is 549 g/mol. The molecule has 0 bridgehead atoms. The van der Waals surface area contributed by atoms with Crippen LogP contribution in [0.5, 0.6) is 0 Å². The number of hydrogen-bond acceptors (Lipinski definition) is 4. The van der Waals surface area contributed by atoms with Crippen LogP contribution in [0.1, 0.15) is 39.0 Å². The Morgan fingerprint density at radius 1 is 1.41 bits per heavy atom. The maximum atomic E-state index is 13.1. The van der Waals surface area contributed by atoms with E-state index >= 15 is 0 Å². The molecule has 0 heterocycles. The second-order valence-corrected chi connectivity index (χ2v) is 8.53. The van der Waals surface area contributed by atoms with Gasteiger partial charge in [-0.05, 0) is 41.9 Å². The summed E-state index contributed by atoms with van der Waals surface area (Å²) in [5, 5.41) is 9.95. The molecule has 0 saturated heterocycles. The topological polar surface area (TPSA) is 72.6 Å². The summed E-state index contributed by atoms with van der Waals surface area (Å²) in [6.07, 6.45) is -3.43. The zero-order chi connectivity index (χ0) is 17.1. The molecule has 0 aromatic rings. The van der Waals surface area contributed by atoms with E-state index in [-0.39, 0.29) is 0 Å². The molecule has 1 rings (SSSR count). The van der Waals surface area contributed by atoms with Crippen LogP contribution in [-0.4, -0.2) is 36.9 Å². The summed E-state index contributed by atoms with van der Waals surface area (Å²) in [4.78, 5) is 12.1. The number of nitrogens with two attached hydrogens (primary N) is 1. The summed E-state index contributed by atoms with van der Waals surface area (Å²) in [5.41, 5.74) is 5.75. The average Bonchev–Trinajstić information content (AvgIpc) is 2.94. The van der Waals surface area contributed by atoms with Crippen LogP contribution in [0.15, 0.2) is 0 Å². The molecule has 1 aliphatic rings. The molecule has 0 aliphatic heterocycles. The SMILES string of the molecule is CCC(N)C(I)C(=O)OC(C1CCCC1)C(O)(I)C(F)(F)F. The van der Waals surface area contributed by atoms with E-state index in [0.29, 0.717) is 19.3 Å². The number of esters is 1. The first-order valence-electron chi connectivity index (χ1n) is 7.10. The van der Waals surface area contributed by atoms with Crippen molar-refractivity contribution >= 4 is 51.2 Å². The van der Waals surface area contributed by atoms with Crippen LogP contribution < -0.4 is 5.73 Å². The Hall–Kier alpha value is 0.640. The minimum absolute atomic E-state index is 0.492. The van der Waals surface area contributed by atoms with Gasteiger partial charge in [0.25, 0.3) is 0 Å². The van der Waals surface area contributed by atoms with Crippen molar-refractivity contribution in [3.05, 3.63) is 0 Å². The molecular formula is C13H20F3I2NO3. The third-order valence-electron chi connectivity index (χ3n) is 3.92. The number of halogens is 5. The molecule has 3 N–H and O–H groups in total. The van der Waals surface area contributed by atoms with E-state index in [1.54, 1.807) is 29.5 Å². The Morgan fingerprint density at radius 3 is 2.32 bits per heavy atom. The third kappa shape index (κ3) is 4.82. The van der Waals surface area contributed by atoms with Gasteiger partial charge in [-0.3, -0.25) is 4.79 Å². The number of alkyl halides is 5. The highest BCUT2D eigenvalue weighted by Gasteiger charge is 2.61. The minimum atomic E-state index is -4.88. The molecule has 1 aliphatic carbocycles. The monoisotopic (exact) mass is 549 g/mol. The molecule has 4 atom stereocenters. The Labute approximate surface area is 155 Å². The van der Waals surface area contributed by atoms with Crippen LogP contribution in [0.3, 0.4) is 0 Å². The van der Waals surface area contributed by atoms with E-state index in [1.807, 2.05) is 0 Å². The van der Waals surface area contributed by atoms with Gasteiger partial charge in [-0.1, -0.05) is 42.4 Å². The standard InChI is InChI=1S/C13H20F3I2NO3/c1-2-8(19)9(17)11(20)22-10(7-5-3-4-6-7)12(18,21)13(14,15)16/h7-10,21H,2-6,19H2,1H3. The lowest BCUT2D eigenvalue weighted by Gasteiger charge is -2.36. The summed E-state index contributed by atoms with van der Waals surface area (Å²) >= 11 is 2.71. The summed E-state index contributed by atoms with van der Waals surface area (Å²) in [7, 11) is 0. The maximum absolute atomic E-state index is 13.1. The van der Waals surface area contributed by atoms with Crippen LogP contribution in [0.25, 0.3) is 0 Å². The fourth-order valence-corrected chi connectivity index (χ4v) is 3.77. The fraction of sp³-hybridized carbons (Fsp3) is 0.923. The van der Waals surface area contributed by atoms with Crippen molar-refractivity contribution in [1.82, 2.24) is 0 Å². The van der Waals surface area contributed by atoms with E-state index < -0.39 is 37.7 Å². The van der Waals surface area contributed by atoms with Crippen molar-refractivity contribution in [2.24, 2.45) is 11.7 Å². The van der Waals surface area contributed by atoms with Crippen LogP contribution in [0.2, 0.25) is 0 Å². The first kappa shape index (κ1) is 20.7. The van der Waals surface area contributed by atoms with Crippen LogP contribution in [0.4, 0.5) is 13.2 Å². The number of ether oxygens (including phenoxy) is 1. The van der Waals surface area contributed by atoms with Crippen molar-refractivity contribution in [3.8, 4) is 0 Å². The number of aliphatic hydroxyl groups is 1. The van der Waals surface area contributed by atoms with E-state index in [2.05, 4.69) is 0 Å². The predicted molar refractivity (Wildman–Crippen MR) is 92.9 cm³/mol. The van der Waals surface area contributed by atoms with Gasteiger partial charge in [-0.25, -0.2) is 0 Å². The van der Waals surface area contributed by atoms with Gasteiger partial charge in [0.1, 0.15) is 3.92 Å². The summed E-state index contributed by atoms with van der Waals surface area (Å²) in [6.45, 7) is 1.78. The Kier molecular flexibility index (Phi) is 7.66. The van der Waals surface area contributed by atoms with E-state index in [4.69, 9.17) is 10.5 Å². The van der Waals surface area contributed by atoms with Gasteiger partial charge in [-0.15, -0.1) is 0 Å². The van der Waals surface area contributed by atoms with Gasteiger partial charge >= 0.3 is 12.1 Å². The normalized spacial score (nSPS) is 23.6. The molecule has 1 saturated carbocycles. The molecule has 0 aromatic carbocycles. The van der Waals surface area contributed by atoms with Gasteiger partial charge < -0.3 is 15.6 Å². The lowest BCUT2D eigenvalue weighted by atomic mass is 9.95. The predicted octanol–water partition coefficient (Wildman–Crippen LogP) is 3.32. The minimum Gasteiger partial charge on any atom is -0.457 e. The van der Waals surface area contributed by atoms with E-state index in [9.17, 15) is 23.1 Å². The highest BCUT2D eigenvalue weighted by atomic mass is 127. The van der Waals surface area contributed by atoms with Gasteiger partial charge in [-0.2, -0.15) is 13.2 Å². The lowest BCUT2D eigenvalue weighted by molar-refractivity contribution is -0.250. The zero-order valence-electron chi connectivity index (χ0n) is 12.1. The van der Waals surface area contributed by atoms with Crippen LogP contribution in [-0.2, 0) is 9.53 Å². The highest BCUT2D eigenvalue weighted by Crippen LogP contribution is 2.46. The van der Waals surface area contributed by atoms with Crippen molar-refractivity contribution in [2.45, 2.75) is 64.9 Å². The molecule has 22 heavy (non-hydrogen) atoms. The molecule has 130 valence electrons. The van der Waals surface area contributed by atoms with E-state index in [1.165, 1.54) is 0 Å². The zero-order valence-corrected chi connectivity index (χ0v) is 16.4. The maximum Gasteiger partial charge on any atom is 0.430 e. The molecule has 4 nitrogen and oxygen atoms in total. The highest BCUT2D eigenvalue weighted by molar-refractivity contribution is 14.1. The quantitative estimate of drug-likeness (QED) is 0.303. The largest absolute Gasteiger partial charge is 0.457 e. The molecule has 1 fully saturated rings. The summed E-state index contributed by atoms with van der Waals surface area (Å²) in [6, 6.07) is -0.495. The number of carbonyl (C=O) groups excluding carboxylic acids is 1. The molecule has 0 spiro atoms. The fourth-order valence-electron chi connectivity index (χ4n) is 2.48. The van der Waals surface area contributed by atoms with Crippen molar-refractivity contribution in [1.29, 1.82) is 0 Å². The third-order valence-corrected chi connectivity index (χ3v) is 6.58. The first-order chi connectivity index (χ1) is 10.0. The molecule has 9 heteroatoms. The lowest BCUT2D eigenvalue weighted by Crippen LogP contribution is -2.55. The molecule has 0 amide bonds. The van der Waals surface area contributed by atoms with Crippen molar-refractivity contribution < 1.29 is 27.8 Å². The first-order valence-corrected chi connectivity index (χ1v) is 9.43. The van der Waals surface area contributed by atoms with Crippen molar-refractivity contribution in [3.63, 3.8) is 0 Å². The Balaban J connectivity index is 2.95. The van der Waals surface area contributed by atoms with Crippen LogP contribution in [0, 0.1) is 5.92 Å². The number of carbonyl (C=O) groups is 1. The summed E-state index contributed by atoms with van der Waals surface area (Å²) < 4.78 is 40.7. The number of hydrogen-bond donors (Lipinski definition) is 2. The van der Waals surface area contributed by atoms with Crippen LogP contribution >= 0.6 is 45.2 Å². The molecular weight excluding hydrogens is 529 g/mol. The Morgan fingerprint density at radius 2 is 1.91 bits per heavy atom. The molecule has 4 unspecified atom stereocenters. The second-order valence-electron chi connectivity index (χ2n) is 5.55. The van der Waals surface area contributed by atoms with Gasteiger partial charge in [0, 0.05) is 12.0 Å². The van der Waals surface area contributed by atoms with Gasteiger partial charge in [0.2, 0.25) is 3.61 Å². The van der Waals surface area contributed by atoms with Gasteiger partial charge in [0.05, 0.1) is 0 Å². The van der Waals surface area contributed by atoms with Crippen molar-refractivity contribution in [2.75, 3.05) is 0 Å². The molecule has 0 radical (unpaired) electrons. The Bertz CT molecular complexity index is 387. The van der Waals surface area contributed by atoms with E-state index in [0.717, 1.165) is 35.4 Å². The molecule has 0 aromatic heterocycles. The smallest absolute Gasteiger partial charge is 0.430 e. The van der Waals surface area contributed by atoms with Gasteiger partial charge in [0.15, 0.2) is 6.10 Å². The summed E-state index contributed by atoms with van der Waals surface area (Å²) in [5.74, 6) is -1.29.